The van der Waals surface area contributed by atoms with Gasteiger partial charge in [0, 0.05) is 22.6 Å². The zero-order valence-corrected chi connectivity index (χ0v) is 13.0. The summed E-state index contributed by atoms with van der Waals surface area (Å²) in [5, 5.41) is 0. The standard InChI is InChI=1S/C14H21BrN2O/c1-10-5-6-11(15)9-12(10)17(4)13(18)14(2,3)7-8-16/h5-6,9H,7-8,16H2,1-4H3. The SMILES string of the molecule is Cc1ccc(Br)cc1N(C)C(=O)C(C)(C)CCN. The predicted molar refractivity (Wildman–Crippen MR) is 79.7 cm³/mol. The number of benzene rings is 1. The van der Waals surface area contributed by atoms with Crippen molar-refractivity contribution >= 4 is 27.5 Å². The minimum Gasteiger partial charge on any atom is -0.330 e. The van der Waals surface area contributed by atoms with E-state index in [1.54, 1.807) is 4.90 Å². The Morgan fingerprint density at radius 2 is 2.06 bits per heavy atom. The number of hydrogen-bond donors (Lipinski definition) is 1. The minimum atomic E-state index is -0.432. The zero-order valence-electron chi connectivity index (χ0n) is 11.5. The van der Waals surface area contributed by atoms with Crippen molar-refractivity contribution in [1.82, 2.24) is 0 Å². The van der Waals surface area contributed by atoms with E-state index < -0.39 is 5.41 Å². The van der Waals surface area contributed by atoms with Gasteiger partial charge in [0.05, 0.1) is 0 Å². The molecule has 0 heterocycles. The number of amides is 1. The summed E-state index contributed by atoms with van der Waals surface area (Å²) in [6, 6.07) is 5.94. The van der Waals surface area contributed by atoms with Gasteiger partial charge < -0.3 is 10.6 Å². The van der Waals surface area contributed by atoms with E-state index in [1.165, 1.54) is 0 Å². The number of halogens is 1. The van der Waals surface area contributed by atoms with Gasteiger partial charge in [0.25, 0.3) is 0 Å². The van der Waals surface area contributed by atoms with Crippen molar-refractivity contribution in [3.8, 4) is 0 Å². The second-order valence-corrected chi connectivity index (χ2v) is 6.13. The summed E-state index contributed by atoms with van der Waals surface area (Å²) in [5.41, 5.74) is 7.15. The lowest BCUT2D eigenvalue weighted by atomic mass is 9.87. The Morgan fingerprint density at radius 3 is 2.61 bits per heavy atom. The Morgan fingerprint density at radius 1 is 1.44 bits per heavy atom. The highest BCUT2D eigenvalue weighted by atomic mass is 79.9. The molecule has 1 rings (SSSR count). The Balaban J connectivity index is 3.03. The van der Waals surface area contributed by atoms with Crippen LogP contribution >= 0.6 is 15.9 Å². The monoisotopic (exact) mass is 312 g/mol. The molecule has 0 radical (unpaired) electrons. The lowest BCUT2D eigenvalue weighted by Gasteiger charge is -2.30. The number of nitrogens with two attached hydrogens (primary N) is 1. The van der Waals surface area contributed by atoms with Gasteiger partial charge in [-0.3, -0.25) is 4.79 Å². The van der Waals surface area contributed by atoms with Crippen molar-refractivity contribution in [2.45, 2.75) is 27.2 Å². The van der Waals surface area contributed by atoms with E-state index in [9.17, 15) is 4.79 Å². The van der Waals surface area contributed by atoms with Gasteiger partial charge in [-0.1, -0.05) is 35.8 Å². The predicted octanol–water partition coefficient (Wildman–Crippen LogP) is 3.10. The first-order valence-corrected chi connectivity index (χ1v) is 6.83. The van der Waals surface area contributed by atoms with Crippen LogP contribution in [0.25, 0.3) is 0 Å². The maximum atomic E-state index is 12.5. The van der Waals surface area contributed by atoms with Crippen molar-refractivity contribution in [2.24, 2.45) is 11.1 Å². The molecular formula is C14H21BrN2O. The van der Waals surface area contributed by atoms with Crippen LogP contribution in [-0.2, 0) is 4.79 Å². The van der Waals surface area contributed by atoms with Gasteiger partial charge >= 0.3 is 0 Å². The van der Waals surface area contributed by atoms with Gasteiger partial charge in [0.2, 0.25) is 5.91 Å². The molecule has 4 heteroatoms. The van der Waals surface area contributed by atoms with E-state index in [2.05, 4.69) is 15.9 Å². The molecular weight excluding hydrogens is 292 g/mol. The number of hydrogen-bond acceptors (Lipinski definition) is 2. The van der Waals surface area contributed by atoms with Crippen molar-refractivity contribution in [3.05, 3.63) is 28.2 Å². The minimum absolute atomic E-state index is 0.0918. The summed E-state index contributed by atoms with van der Waals surface area (Å²) in [6.07, 6.45) is 0.684. The smallest absolute Gasteiger partial charge is 0.232 e. The van der Waals surface area contributed by atoms with Crippen LogP contribution in [0.4, 0.5) is 5.69 Å². The van der Waals surface area contributed by atoms with Crippen LogP contribution in [0.3, 0.4) is 0 Å². The number of carbonyl (C=O) groups is 1. The lowest BCUT2D eigenvalue weighted by molar-refractivity contribution is -0.126. The molecule has 0 unspecified atom stereocenters. The maximum Gasteiger partial charge on any atom is 0.232 e. The molecule has 0 spiro atoms. The highest BCUT2D eigenvalue weighted by molar-refractivity contribution is 9.10. The first-order chi connectivity index (χ1) is 8.29. The lowest BCUT2D eigenvalue weighted by Crippen LogP contribution is -2.40. The van der Waals surface area contributed by atoms with Crippen LogP contribution in [0.1, 0.15) is 25.8 Å². The number of aryl methyl sites for hydroxylation is 1. The molecule has 0 saturated heterocycles. The summed E-state index contributed by atoms with van der Waals surface area (Å²) < 4.78 is 0.972. The Kier molecular flexibility index (Phi) is 4.93. The fourth-order valence-electron chi connectivity index (χ4n) is 1.98. The van der Waals surface area contributed by atoms with Crippen LogP contribution < -0.4 is 10.6 Å². The van der Waals surface area contributed by atoms with Crippen molar-refractivity contribution in [3.63, 3.8) is 0 Å². The van der Waals surface area contributed by atoms with E-state index in [0.717, 1.165) is 15.7 Å². The summed E-state index contributed by atoms with van der Waals surface area (Å²) >= 11 is 3.44. The molecule has 0 saturated carbocycles. The molecule has 3 nitrogen and oxygen atoms in total. The molecule has 0 aromatic heterocycles. The molecule has 0 aliphatic carbocycles. The average Bonchev–Trinajstić information content (AvgIpc) is 2.30. The van der Waals surface area contributed by atoms with Gasteiger partial charge in [-0.15, -0.1) is 0 Å². The molecule has 1 aromatic rings. The van der Waals surface area contributed by atoms with Gasteiger partial charge in [-0.25, -0.2) is 0 Å². The first kappa shape index (κ1) is 15.2. The second kappa shape index (κ2) is 5.85. The van der Waals surface area contributed by atoms with Crippen LogP contribution in [0.2, 0.25) is 0 Å². The molecule has 100 valence electrons. The highest BCUT2D eigenvalue weighted by Crippen LogP contribution is 2.29. The summed E-state index contributed by atoms with van der Waals surface area (Å²) in [4.78, 5) is 14.2. The molecule has 0 fully saturated rings. The maximum absolute atomic E-state index is 12.5. The summed E-state index contributed by atoms with van der Waals surface area (Å²) in [6.45, 7) is 6.39. The molecule has 0 aliphatic heterocycles. The number of rotatable bonds is 4. The van der Waals surface area contributed by atoms with E-state index in [-0.39, 0.29) is 5.91 Å². The molecule has 1 amide bonds. The topological polar surface area (TPSA) is 46.3 Å². The van der Waals surface area contributed by atoms with E-state index in [1.807, 2.05) is 46.0 Å². The zero-order chi connectivity index (χ0) is 13.9. The molecule has 0 atom stereocenters. The summed E-state index contributed by atoms with van der Waals surface area (Å²) in [7, 11) is 1.81. The number of anilines is 1. The molecule has 2 N–H and O–H groups in total. The van der Waals surface area contributed by atoms with Crippen LogP contribution in [0, 0.1) is 12.3 Å². The van der Waals surface area contributed by atoms with Crippen LogP contribution in [0.15, 0.2) is 22.7 Å². The van der Waals surface area contributed by atoms with E-state index in [0.29, 0.717) is 13.0 Å². The fourth-order valence-corrected chi connectivity index (χ4v) is 2.32. The normalized spacial score (nSPS) is 11.4. The third kappa shape index (κ3) is 3.33. The summed E-state index contributed by atoms with van der Waals surface area (Å²) in [5.74, 6) is 0.0918. The Bertz CT molecular complexity index is 443. The van der Waals surface area contributed by atoms with Gasteiger partial charge in [-0.2, -0.15) is 0 Å². The number of carbonyl (C=O) groups excluding carboxylic acids is 1. The van der Waals surface area contributed by atoms with Gasteiger partial charge in [0.15, 0.2) is 0 Å². The Hall–Kier alpha value is -0.870. The third-order valence-corrected chi connectivity index (χ3v) is 3.68. The first-order valence-electron chi connectivity index (χ1n) is 6.04. The van der Waals surface area contributed by atoms with Crippen molar-refractivity contribution < 1.29 is 4.79 Å². The molecule has 0 bridgehead atoms. The fraction of sp³-hybridized carbons (Fsp3) is 0.500. The Labute approximate surface area is 117 Å². The van der Waals surface area contributed by atoms with Gasteiger partial charge in [-0.05, 0) is 37.6 Å². The van der Waals surface area contributed by atoms with E-state index >= 15 is 0 Å². The van der Waals surface area contributed by atoms with Crippen molar-refractivity contribution in [2.75, 3.05) is 18.5 Å². The largest absolute Gasteiger partial charge is 0.330 e. The van der Waals surface area contributed by atoms with Gasteiger partial charge in [0.1, 0.15) is 0 Å². The van der Waals surface area contributed by atoms with E-state index in [4.69, 9.17) is 5.73 Å². The highest BCUT2D eigenvalue weighted by Gasteiger charge is 2.30. The van der Waals surface area contributed by atoms with Crippen LogP contribution in [-0.4, -0.2) is 19.5 Å². The quantitative estimate of drug-likeness (QED) is 0.928. The molecule has 1 aromatic carbocycles. The molecule has 18 heavy (non-hydrogen) atoms. The van der Waals surface area contributed by atoms with Crippen molar-refractivity contribution in [1.29, 1.82) is 0 Å². The second-order valence-electron chi connectivity index (χ2n) is 5.22. The third-order valence-electron chi connectivity index (χ3n) is 3.19. The average molecular weight is 313 g/mol. The van der Waals surface area contributed by atoms with Crippen LogP contribution in [0.5, 0.6) is 0 Å². The molecule has 0 aliphatic rings. The number of nitrogens with zero attached hydrogens (tertiary/aromatic N) is 1.